The van der Waals surface area contributed by atoms with E-state index < -0.39 is 39.0 Å². The maximum atomic E-state index is 10.7. The van der Waals surface area contributed by atoms with Crippen molar-refractivity contribution in [1.29, 1.82) is 0 Å². The number of anilines is 1. The van der Waals surface area contributed by atoms with E-state index in [1.807, 2.05) is 0 Å². The Labute approximate surface area is 139 Å². The molecule has 1 unspecified atom stereocenters. The Balaban J connectivity index is 1.89. The van der Waals surface area contributed by atoms with Crippen LogP contribution in [0.25, 0.3) is 11.2 Å². The summed E-state index contributed by atoms with van der Waals surface area (Å²) in [7, 11) is -4.74. The Morgan fingerprint density at radius 3 is 2.75 bits per heavy atom. The summed E-state index contributed by atoms with van der Waals surface area (Å²) in [4.78, 5) is 29.1. The second-order valence-corrected chi connectivity index (χ2v) is 6.63. The number of rotatable bonds is 4. The summed E-state index contributed by atoms with van der Waals surface area (Å²) in [6.45, 7) is -0.622. The lowest BCUT2D eigenvalue weighted by Gasteiger charge is -2.16. The SMILES string of the molecule is Nc1nc(Cl)c2ncn([C@@H]3OC(COP(=O)(O)O)[C@@H](O)[C@H]3O)c2n1. The van der Waals surface area contributed by atoms with Crippen molar-refractivity contribution in [3.8, 4) is 0 Å². The van der Waals surface area contributed by atoms with Crippen LogP contribution in [0.4, 0.5) is 5.95 Å². The Bertz CT molecular complexity index is 812. The monoisotopic (exact) mass is 381 g/mol. The van der Waals surface area contributed by atoms with Crippen LogP contribution in [0, 0.1) is 0 Å². The van der Waals surface area contributed by atoms with Gasteiger partial charge in [0.2, 0.25) is 5.95 Å². The molecule has 1 saturated heterocycles. The molecule has 1 aliphatic heterocycles. The Hall–Kier alpha value is -1.37. The minimum Gasteiger partial charge on any atom is -0.387 e. The highest BCUT2D eigenvalue weighted by molar-refractivity contribution is 7.46. The van der Waals surface area contributed by atoms with E-state index in [0.29, 0.717) is 0 Å². The van der Waals surface area contributed by atoms with E-state index in [2.05, 4.69) is 19.5 Å². The summed E-state index contributed by atoms with van der Waals surface area (Å²) in [6.07, 6.45) is -3.93. The number of nitrogen functional groups attached to an aromatic ring is 1. The Morgan fingerprint density at radius 1 is 1.38 bits per heavy atom. The van der Waals surface area contributed by atoms with Gasteiger partial charge < -0.3 is 30.5 Å². The van der Waals surface area contributed by atoms with Crippen molar-refractivity contribution in [2.45, 2.75) is 24.5 Å². The topological polar surface area (TPSA) is 186 Å². The zero-order chi connectivity index (χ0) is 17.6. The predicted molar refractivity (Wildman–Crippen MR) is 78.7 cm³/mol. The third-order valence-corrected chi connectivity index (χ3v) is 4.16. The number of ether oxygens (including phenoxy) is 1. The number of hydrogen-bond donors (Lipinski definition) is 5. The van der Waals surface area contributed by atoms with Gasteiger partial charge in [0.25, 0.3) is 0 Å². The standard InChI is InChI=1S/C10H13ClN5O7P/c11-7-4-8(15-10(12)14-7)16(2-13-4)9-6(18)5(17)3(23-9)1-22-24(19,20)21/h2-3,5-6,9,17-18H,1H2,(H2,12,14,15)(H2,19,20,21)/t3?,5-,6-,9-/m1/s1. The van der Waals surface area contributed by atoms with Gasteiger partial charge in [-0.3, -0.25) is 9.09 Å². The van der Waals surface area contributed by atoms with Gasteiger partial charge in [-0.05, 0) is 0 Å². The molecule has 2 aromatic heterocycles. The van der Waals surface area contributed by atoms with Crippen molar-refractivity contribution >= 4 is 36.5 Å². The van der Waals surface area contributed by atoms with Crippen LogP contribution in [0.5, 0.6) is 0 Å². The number of imidazole rings is 1. The van der Waals surface area contributed by atoms with Crippen LogP contribution in [0.3, 0.4) is 0 Å². The molecule has 132 valence electrons. The summed E-state index contributed by atoms with van der Waals surface area (Å²) >= 11 is 5.91. The van der Waals surface area contributed by atoms with Crippen molar-refractivity contribution in [3.05, 3.63) is 11.5 Å². The van der Waals surface area contributed by atoms with E-state index in [-0.39, 0.29) is 22.3 Å². The number of nitrogens with two attached hydrogens (primary N) is 1. The first-order chi connectivity index (χ1) is 11.2. The first-order valence-corrected chi connectivity index (χ1v) is 8.45. The zero-order valence-corrected chi connectivity index (χ0v) is 13.4. The normalized spacial score (nSPS) is 27.9. The minimum absolute atomic E-state index is 0.00525. The van der Waals surface area contributed by atoms with E-state index in [1.165, 1.54) is 10.9 Å². The smallest absolute Gasteiger partial charge is 0.387 e. The molecule has 0 radical (unpaired) electrons. The molecule has 24 heavy (non-hydrogen) atoms. The summed E-state index contributed by atoms with van der Waals surface area (Å²) in [6, 6.07) is 0. The van der Waals surface area contributed by atoms with Crippen LogP contribution in [0.2, 0.25) is 5.15 Å². The molecule has 0 saturated carbocycles. The van der Waals surface area contributed by atoms with Gasteiger partial charge in [-0.2, -0.15) is 9.97 Å². The fraction of sp³-hybridized carbons (Fsp3) is 0.500. The number of halogens is 1. The molecular weight excluding hydrogens is 369 g/mol. The molecule has 3 heterocycles. The number of phosphoric ester groups is 1. The molecule has 0 bridgehead atoms. The molecule has 1 aliphatic rings. The number of aliphatic hydroxyl groups excluding tert-OH is 2. The van der Waals surface area contributed by atoms with Crippen LogP contribution in [0.1, 0.15) is 6.23 Å². The van der Waals surface area contributed by atoms with Gasteiger partial charge in [0.15, 0.2) is 17.0 Å². The predicted octanol–water partition coefficient (Wildman–Crippen LogP) is -1.21. The van der Waals surface area contributed by atoms with E-state index in [4.69, 9.17) is 31.9 Å². The van der Waals surface area contributed by atoms with Gasteiger partial charge >= 0.3 is 7.82 Å². The highest BCUT2D eigenvalue weighted by Crippen LogP contribution is 2.39. The number of nitrogens with zero attached hydrogens (tertiary/aromatic N) is 4. The molecular formula is C10H13ClN5O7P. The average Bonchev–Trinajstić information content (AvgIpc) is 3.00. The average molecular weight is 382 g/mol. The van der Waals surface area contributed by atoms with Crippen LogP contribution in [0.15, 0.2) is 6.33 Å². The summed E-state index contributed by atoms with van der Waals surface area (Å²) < 4.78 is 21.8. The van der Waals surface area contributed by atoms with Crippen LogP contribution < -0.4 is 5.73 Å². The van der Waals surface area contributed by atoms with Gasteiger partial charge in [-0.15, -0.1) is 0 Å². The molecule has 3 rings (SSSR count). The second kappa shape index (κ2) is 6.17. The fourth-order valence-electron chi connectivity index (χ4n) is 2.35. The van der Waals surface area contributed by atoms with Crippen LogP contribution >= 0.6 is 19.4 Å². The molecule has 4 atom stereocenters. The highest BCUT2D eigenvalue weighted by Gasteiger charge is 2.45. The number of hydrogen-bond acceptors (Lipinski definition) is 9. The van der Waals surface area contributed by atoms with Crippen LogP contribution in [-0.2, 0) is 13.8 Å². The van der Waals surface area contributed by atoms with Crippen molar-refractivity contribution in [2.75, 3.05) is 12.3 Å². The second-order valence-electron chi connectivity index (χ2n) is 5.03. The maximum absolute atomic E-state index is 10.7. The molecule has 1 fully saturated rings. The summed E-state index contributed by atoms with van der Waals surface area (Å²) in [5.41, 5.74) is 5.91. The fourth-order valence-corrected chi connectivity index (χ4v) is 2.91. The molecule has 0 spiro atoms. The molecule has 2 aromatic rings. The lowest BCUT2D eigenvalue weighted by Crippen LogP contribution is -2.33. The minimum atomic E-state index is -4.74. The number of aromatic nitrogens is 4. The van der Waals surface area contributed by atoms with Gasteiger partial charge in [0.1, 0.15) is 23.8 Å². The summed E-state index contributed by atoms with van der Waals surface area (Å²) in [5, 5.41) is 20.1. The van der Waals surface area contributed by atoms with Gasteiger partial charge in [-0.25, -0.2) is 9.55 Å². The van der Waals surface area contributed by atoms with Gasteiger partial charge in [-0.1, -0.05) is 11.6 Å². The molecule has 12 nitrogen and oxygen atoms in total. The lowest BCUT2D eigenvalue weighted by molar-refractivity contribution is -0.0503. The lowest BCUT2D eigenvalue weighted by atomic mass is 10.1. The first kappa shape index (κ1) is 17.5. The quantitative estimate of drug-likeness (QED) is 0.316. The summed E-state index contributed by atoms with van der Waals surface area (Å²) in [5.74, 6) is -0.122. The van der Waals surface area contributed by atoms with Crippen molar-refractivity contribution < 1.29 is 33.8 Å². The number of phosphoric acid groups is 1. The number of fused-ring (bicyclic) bond motifs is 1. The number of aliphatic hydroxyl groups is 2. The molecule has 0 aliphatic carbocycles. The van der Waals surface area contributed by atoms with E-state index >= 15 is 0 Å². The van der Waals surface area contributed by atoms with Crippen LogP contribution in [-0.4, -0.2) is 64.4 Å². The largest absolute Gasteiger partial charge is 0.469 e. The maximum Gasteiger partial charge on any atom is 0.469 e. The third kappa shape index (κ3) is 3.23. The molecule has 0 aromatic carbocycles. The van der Waals surface area contributed by atoms with E-state index in [0.717, 1.165) is 0 Å². The van der Waals surface area contributed by atoms with Crippen molar-refractivity contribution in [1.82, 2.24) is 19.5 Å². The molecule has 14 heteroatoms. The van der Waals surface area contributed by atoms with Gasteiger partial charge in [0, 0.05) is 0 Å². The van der Waals surface area contributed by atoms with E-state index in [9.17, 15) is 14.8 Å². The highest BCUT2D eigenvalue weighted by atomic mass is 35.5. The van der Waals surface area contributed by atoms with E-state index in [1.54, 1.807) is 0 Å². The zero-order valence-electron chi connectivity index (χ0n) is 11.8. The Kier molecular flexibility index (Phi) is 4.49. The van der Waals surface area contributed by atoms with Crippen molar-refractivity contribution in [3.63, 3.8) is 0 Å². The molecule has 0 amide bonds. The van der Waals surface area contributed by atoms with Gasteiger partial charge in [0.05, 0.1) is 12.9 Å². The molecule has 6 N–H and O–H groups in total. The third-order valence-electron chi connectivity index (χ3n) is 3.41. The first-order valence-electron chi connectivity index (χ1n) is 6.54. The van der Waals surface area contributed by atoms with Crippen molar-refractivity contribution in [2.24, 2.45) is 0 Å². The Morgan fingerprint density at radius 2 is 2.08 bits per heavy atom.